The second-order valence-electron chi connectivity index (χ2n) is 4.28. The van der Waals surface area contributed by atoms with Crippen LogP contribution < -0.4 is 10.6 Å². The fourth-order valence-corrected chi connectivity index (χ4v) is 2.09. The van der Waals surface area contributed by atoms with Crippen LogP contribution in [0.3, 0.4) is 0 Å². The Kier molecular flexibility index (Phi) is 3.63. The van der Waals surface area contributed by atoms with Crippen LogP contribution in [-0.4, -0.2) is 12.0 Å². The minimum Gasteiger partial charge on any atom is -0.389 e. The van der Waals surface area contributed by atoms with Crippen molar-refractivity contribution in [3.8, 4) is 0 Å². The predicted octanol–water partition coefficient (Wildman–Crippen LogP) is 3.40. The van der Waals surface area contributed by atoms with Crippen LogP contribution in [0.25, 0.3) is 0 Å². The third-order valence-electron chi connectivity index (χ3n) is 2.92. The second-order valence-corrected chi connectivity index (χ2v) is 4.72. The first-order valence-corrected chi connectivity index (χ1v) is 6.19. The Morgan fingerprint density at radius 1 is 1.11 bits per heavy atom. The average Bonchev–Trinajstić information content (AvgIpc) is 2.39. The van der Waals surface area contributed by atoms with Crippen molar-refractivity contribution in [3.05, 3.63) is 59.7 Å². The average molecular weight is 256 g/mol. The van der Waals surface area contributed by atoms with Crippen molar-refractivity contribution in [2.45, 2.75) is 6.92 Å². The molecule has 0 spiro atoms. The van der Waals surface area contributed by atoms with Crippen LogP contribution in [0.4, 0.5) is 11.4 Å². The monoisotopic (exact) mass is 256 g/mol. The summed E-state index contributed by atoms with van der Waals surface area (Å²) in [6, 6.07) is 16.3. The highest BCUT2D eigenvalue weighted by Gasteiger charge is 2.11. The van der Waals surface area contributed by atoms with Crippen molar-refractivity contribution >= 4 is 28.6 Å². The number of hydrogen-bond donors (Lipinski definition) is 1. The van der Waals surface area contributed by atoms with Gasteiger partial charge in [0.15, 0.2) is 0 Å². The molecule has 2 rings (SSSR count). The van der Waals surface area contributed by atoms with Gasteiger partial charge in [0, 0.05) is 18.3 Å². The molecule has 0 aliphatic carbocycles. The Hall–Kier alpha value is -1.87. The Bertz CT molecular complexity index is 564. The fraction of sp³-hybridized carbons (Fsp3) is 0.133. The van der Waals surface area contributed by atoms with E-state index in [9.17, 15) is 0 Å². The van der Waals surface area contributed by atoms with E-state index in [1.165, 1.54) is 0 Å². The Morgan fingerprint density at radius 3 is 2.39 bits per heavy atom. The highest BCUT2D eigenvalue weighted by Crippen LogP contribution is 2.27. The molecule has 3 heteroatoms. The Balaban J connectivity index is 2.48. The molecule has 0 aliphatic rings. The number of thiocarbonyl (C=S) groups is 1. The van der Waals surface area contributed by atoms with Gasteiger partial charge in [0.2, 0.25) is 0 Å². The van der Waals surface area contributed by atoms with E-state index in [1.54, 1.807) is 0 Å². The molecular weight excluding hydrogens is 240 g/mol. The third kappa shape index (κ3) is 2.51. The van der Waals surface area contributed by atoms with Gasteiger partial charge < -0.3 is 10.6 Å². The molecule has 92 valence electrons. The fourth-order valence-electron chi connectivity index (χ4n) is 1.93. The van der Waals surface area contributed by atoms with Gasteiger partial charge in [-0.2, -0.15) is 0 Å². The summed E-state index contributed by atoms with van der Waals surface area (Å²) in [5.41, 5.74) is 10.0. The molecule has 0 fully saturated rings. The van der Waals surface area contributed by atoms with Crippen LogP contribution in [-0.2, 0) is 0 Å². The molecular formula is C15H16N2S. The standard InChI is InChI=1S/C15H16N2S/c1-11-8-9-14(13(10-11)15(16)18)17(2)12-6-4-3-5-7-12/h3-10H,1-2H3,(H2,16,18). The summed E-state index contributed by atoms with van der Waals surface area (Å²) in [6.07, 6.45) is 0. The molecule has 0 radical (unpaired) electrons. The number of benzene rings is 2. The van der Waals surface area contributed by atoms with Crippen LogP contribution in [0, 0.1) is 6.92 Å². The smallest absolute Gasteiger partial charge is 0.106 e. The van der Waals surface area contributed by atoms with Gasteiger partial charge in [0.1, 0.15) is 4.99 Å². The van der Waals surface area contributed by atoms with E-state index < -0.39 is 0 Å². The van der Waals surface area contributed by atoms with Crippen LogP contribution in [0.2, 0.25) is 0 Å². The van der Waals surface area contributed by atoms with Gasteiger partial charge in [0.25, 0.3) is 0 Å². The van der Waals surface area contributed by atoms with Gasteiger partial charge >= 0.3 is 0 Å². The lowest BCUT2D eigenvalue weighted by atomic mass is 10.1. The van der Waals surface area contributed by atoms with Crippen LogP contribution in [0.1, 0.15) is 11.1 Å². The molecule has 0 aliphatic heterocycles. The molecule has 2 aromatic rings. The summed E-state index contributed by atoms with van der Waals surface area (Å²) >= 11 is 5.13. The maximum atomic E-state index is 5.80. The molecule has 0 bridgehead atoms. The minimum atomic E-state index is 0.427. The van der Waals surface area contributed by atoms with Crippen molar-refractivity contribution in [2.75, 3.05) is 11.9 Å². The summed E-state index contributed by atoms with van der Waals surface area (Å²) in [4.78, 5) is 2.52. The van der Waals surface area contributed by atoms with E-state index in [1.807, 2.05) is 38.2 Å². The molecule has 0 saturated carbocycles. The number of para-hydroxylation sites is 1. The number of rotatable bonds is 3. The molecule has 0 amide bonds. The van der Waals surface area contributed by atoms with Crippen LogP contribution in [0.15, 0.2) is 48.5 Å². The van der Waals surface area contributed by atoms with Crippen molar-refractivity contribution in [1.82, 2.24) is 0 Å². The van der Waals surface area contributed by atoms with Crippen molar-refractivity contribution < 1.29 is 0 Å². The first-order chi connectivity index (χ1) is 8.59. The van der Waals surface area contributed by atoms with Crippen molar-refractivity contribution in [2.24, 2.45) is 5.73 Å². The maximum absolute atomic E-state index is 5.80. The first kappa shape index (κ1) is 12.6. The van der Waals surface area contributed by atoms with Gasteiger partial charge in [-0.15, -0.1) is 0 Å². The molecule has 0 saturated heterocycles. The summed E-state index contributed by atoms with van der Waals surface area (Å²) in [5, 5.41) is 0. The van der Waals surface area contributed by atoms with Crippen molar-refractivity contribution in [1.29, 1.82) is 0 Å². The number of hydrogen-bond acceptors (Lipinski definition) is 2. The number of anilines is 2. The first-order valence-electron chi connectivity index (χ1n) is 5.79. The Morgan fingerprint density at radius 2 is 1.78 bits per heavy atom. The third-order valence-corrected chi connectivity index (χ3v) is 3.14. The molecule has 0 unspecified atom stereocenters. The molecule has 18 heavy (non-hydrogen) atoms. The zero-order chi connectivity index (χ0) is 13.1. The lowest BCUT2D eigenvalue weighted by molar-refractivity contribution is 1.20. The van der Waals surface area contributed by atoms with Crippen molar-refractivity contribution in [3.63, 3.8) is 0 Å². The van der Waals surface area contributed by atoms with Gasteiger partial charge in [-0.1, -0.05) is 42.0 Å². The SMILES string of the molecule is Cc1ccc(N(C)c2ccccc2)c(C(N)=S)c1. The minimum absolute atomic E-state index is 0.427. The summed E-state index contributed by atoms with van der Waals surface area (Å²) in [6.45, 7) is 2.04. The van der Waals surface area contributed by atoms with Gasteiger partial charge in [-0.3, -0.25) is 0 Å². The topological polar surface area (TPSA) is 29.3 Å². The largest absolute Gasteiger partial charge is 0.389 e. The number of nitrogens with zero attached hydrogens (tertiary/aromatic N) is 1. The number of nitrogens with two attached hydrogens (primary N) is 1. The zero-order valence-corrected chi connectivity index (χ0v) is 11.4. The lowest BCUT2D eigenvalue weighted by Gasteiger charge is -2.22. The summed E-state index contributed by atoms with van der Waals surface area (Å²) in [7, 11) is 2.02. The van der Waals surface area contributed by atoms with E-state index in [0.717, 1.165) is 22.5 Å². The van der Waals surface area contributed by atoms with E-state index in [4.69, 9.17) is 18.0 Å². The van der Waals surface area contributed by atoms with E-state index >= 15 is 0 Å². The quantitative estimate of drug-likeness (QED) is 0.853. The highest BCUT2D eigenvalue weighted by atomic mass is 32.1. The number of aryl methyl sites for hydroxylation is 1. The lowest BCUT2D eigenvalue weighted by Crippen LogP contribution is -2.17. The maximum Gasteiger partial charge on any atom is 0.106 e. The van der Waals surface area contributed by atoms with E-state index in [0.29, 0.717) is 4.99 Å². The van der Waals surface area contributed by atoms with Crippen LogP contribution >= 0.6 is 12.2 Å². The molecule has 2 aromatic carbocycles. The van der Waals surface area contributed by atoms with E-state index in [2.05, 4.69) is 29.2 Å². The summed E-state index contributed by atoms with van der Waals surface area (Å²) in [5.74, 6) is 0. The predicted molar refractivity (Wildman–Crippen MR) is 81.6 cm³/mol. The van der Waals surface area contributed by atoms with Gasteiger partial charge in [0.05, 0.1) is 5.69 Å². The van der Waals surface area contributed by atoms with E-state index in [-0.39, 0.29) is 0 Å². The molecule has 2 N–H and O–H groups in total. The summed E-state index contributed by atoms with van der Waals surface area (Å²) < 4.78 is 0. The van der Waals surface area contributed by atoms with Gasteiger partial charge in [-0.25, -0.2) is 0 Å². The second kappa shape index (κ2) is 5.19. The molecule has 0 aromatic heterocycles. The molecule has 2 nitrogen and oxygen atoms in total. The zero-order valence-electron chi connectivity index (χ0n) is 10.6. The van der Waals surface area contributed by atoms with Crippen LogP contribution in [0.5, 0.6) is 0 Å². The van der Waals surface area contributed by atoms with Gasteiger partial charge in [-0.05, 0) is 31.2 Å². The molecule has 0 heterocycles. The Labute approximate surface area is 113 Å². The molecule has 0 atom stereocenters. The highest BCUT2D eigenvalue weighted by molar-refractivity contribution is 7.80. The normalized spacial score (nSPS) is 10.1.